The van der Waals surface area contributed by atoms with Crippen LogP contribution in [0.2, 0.25) is 0 Å². The largest absolute Gasteiger partial charge is 0.461 e. The second-order valence-electron chi connectivity index (χ2n) is 5.77. The zero-order chi connectivity index (χ0) is 16.1. The van der Waals surface area contributed by atoms with Gasteiger partial charge in [-0.05, 0) is 37.0 Å². The quantitative estimate of drug-likeness (QED) is 0.593. The molecule has 0 aromatic carbocycles. The molecule has 0 spiro atoms. The van der Waals surface area contributed by atoms with E-state index in [1.165, 1.54) is 16.9 Å². The second-order valence-corrected chi connectivity index (χ2v) is 6.86. The molecule has 1 aliphatic rings. The van der Waals surface area contributed by atoms with E-state index in [2.05, 4.69) is 10.4 Å². The average Bonchev–Trinajstić information content (AvgIpc) is 3.32. The van der Waals surface area contributed by atoms with E-state index in [1.54, 1.807) is 22.1 Å². The van der Waals surface area contributed by atoms with Gasteiger partial charge < -0.3 is 14.8 Å². The number of furan rings is 1. The molecule has 0 aliphatic heterocycles. The molecular formula is C16H15N5O2S. The zero-order valence-corrected chi connectivity index (χ0v) is 13.6. The summed E-state index contributed by atoms with van der Waals surface area (Å²) in [4.78, 5) is 11.8. The number of aryl methyl sites for hydroxylation is 2. The molecule has 122 valence electrons. The van der Waals surface area contributed by atoms with Crippen molar-refractivity contribution < 1.29 is 9.52 Å². The molecule has 0 unspecified atom stereocenters. The lowest BCUT2D eigenvalue weighted by atomic mass is 10.2. The molecule has 4 heterocycles. The van der Waals surface area contributed by atoms with Gasteiger partial charge in [-0.2, -0.15) is 4.52 Å². The van der Waals surface area contributed by atoms with Gasteiger partial charge in [0.2, 0.25) is 11.8 Å². The summed E-state index contributed by atoms with van der Waals surface area (Å²) in [7, 11) is 0. The van der Waals surface area contributed by atoms with Crippen LogP contribution in [0.15, 0.2) is 22.8 Å². The lowest BCUT2D eigenvalue weighted by molar-refractivity contribution is 0.310. The predicted molar refractivity (Wildman–Crippen MR) is 91.5 cm³/mol. The molecule has 4 aromatic heterocycles. The molecular weight excluding hydrogens is 326 g/mol. The first-order valence-electron chi connectivity index (χ1n) is 7.95. The van der Waals surface area contributed by atoms with Crippen LogP contribution in [-0.2, 0) is 12.8 Å². The first-order valence-corrected chi connectivity index (χ1v) is 8.76. The summed E-state index contributed by atoms with van der Waals surface area (Å²) in [6.45, 7) is 0.441. The van der Waals surface area contributed by atoms with Crippen LogP contribution in [0.4, 0.5) is 5.95 Å². The van der Waals surface area contributed by atoms with Crippen molar-refractivity contribution in [2.45, 2.75) is 19.3 Å². The molecule has 1 aliphatic carbocycles. The Labute approximate surface area is 141 Å². The van der Waals surface area contributed by atoms with Gasteiger partial charge in [0.05, 0.1) is 18.3 Å². The number of nitrogens with zero attached hydrogens (tertiary/aromatic N) is 4. The number of aliphatic hydroxyl groups is 1. The maximum Gasteiger partial charge on any atom is 0.227 e. The summed E-state index contributed by atoms with van der Waals surface area (Å²) in [5.41, 5.74) is 2.16. The molecule has 4 aromatic rings. The van der Waals surface area contributed by atoms with E-state index in [-0.39, 0.29) is 6.61 Å². The number of aliphatic hydroxyl groups excluding tert-OH is 1. The Kier molecular flexibility index (Phi) is 3.07. The van der Waals surface area contributed by atoms with Crippen molar-refractivity contribution in [1.29, 1.82) is 0 Å². The number of hydrogen-bond acceptors (Lipinski definition) is 7. The molecule has 0 radical (unpaired) electrons. The van der Waals surface area contributed by atoms with Crippen molar-refractivity contribution in [3.05, 3.63) is 28.8 Å². The Morgan fingerprint density at radius 3 is 3.12 bits per heavy atom. The highest BCUT2D eigenvalue weighted by atomic mass is 32.1. The standard InChI is InChI=1S/C16H15N5O2S/c22-7-6-17-16-19-15-12(9-3-1-5-11(9)24-15)14-18-13(20-21(14)16)10-4-2-8-23-10/h2,4,8,22H,1,3,5-7H2,(H,17,19). The number of fused-ring (bicyclic) bond motifs is 5. The Balaban J connectivity index is 1.81. The first kappa shape index (κ1) is 13.9. The Morgan fingerprint density at radius 2 is 2.29 bits per heavy atom. The molecule has 7 nitrogen and oxygen atoms in total. The van der Waals surface area contributed by atoms with Crippen LogP contribution in [0.25, 0.3) is 27.4 Å². The van der Waals surface area contributed by atoms with Crippen LogP contribution in [0.1, 0.15) is 16.9 Å². The van der Waals surface area contributed by atoms with Crippen molar-refractivity contribution in [3.63, 3.8) is 0 Å². The predicted octanol–water partition coefficient (Wildman–Crippen LogP) is 2.49. The van der Waals surface area contributed by atoms with E-state index >= 15 is 0 Å². The molecule has 0 saturated carbocycles. The summed E-state index contributed by atoms with van der Waals surface area (Å²) < 4.78 is 7.16. The fraction of sp³-hybridized carbons (Fsp3) is 0.312. The molecule has 0 fully saturated rings. The third-order valence-electron chi connectivity index (χ3n) is 4.28. The van der Waals surface area contributed by atoms with Gasteiger partial charge >= 0.3 is 0 Å². The van der Waals surface area contributed by atoms with Gasteiger partial charge in [0.15, 0.2) is 11.4 Å². The highest BCUT2D eigenvalue weighted by Crippen LogP contribution is 2.39. The van der Waals surface area contributed by atoms with Crippen LogP contribution in [0, 0.1) is 0 Å². The molecule has 0 bridgehead atoms. The second kappa shape index (κ2) is 5.29. The van der Waals surface area contributed by atoms with Gasteiger partial charge in [0.25, 0.3) is 0 Å². The van der Waals surface area contributed by atoms with Gasteiger partial charge in [-0.15, -0.1) is 16.4 Å². The fourth-order valence-corrected chi connectivity index (χ4v) is 4.51. The molecule has 2 N–H and O–H groups in total. The van der Waals surface area contributed by atoms with Gasteiger partial charge in [-0.3, -0.25) is 0 Å². The molecule has 24 heavy (non-hydrogen) atoms. The third kappa shape index (κ3) is 1.96. The van der Waals surface area contributed by atoms with E-state index in [1.807, 2.05) is 12.1 Å². The smallest absolute Gasteiger partial charge is 0.227 e. The number of rotatable bonds is 4. The van der Waals surface area contributed by atoms with E-state index in [0.717, 1.165) is 28.7 Å². The van der Waals surface area contributed by atoms with Gasteiger partial charge in [0, 0.05) is 11.4 Å². The van der Waals surface area contributed by atoms with Gasteiger partial charge in [-0.25, -0.2) is 9.97 Å². The molecule has 0 saturated heterocycles. The van der Waals surface area contributed by atoms with Crippen LogP contribution in [0.3, 0.4) is 0 Å². The van der Waals surface area contributed by atoms with E-state index in [0.29, 0.717) is 24.1 Å². The highest BCUT2D eigenvalue weighted by molar-refractivity contribution is 7.19. The minimum Gasteiger partial charge on any atom is -0.461 e. The van der Waals surface area contributed by atoms with Crippen LogP contribution >= 0.6 is 11.3 Å². The van der Waals surface area contributed by atoms with Crippen molar-refractivity contribution in [2.24, 2.45) is 0 Å². The number of thiophene rings is 1. The number of nitrogens with one attached hydrogen (secondary N) is 1. The first-order chi connectivity index (χ1) is 11.8. The summed E-state index contributed by atoms with van der Waals surface area (Å²) in [5, 5.41) is 17.9. The normalized spacial score (nSPS) is 13.9. The maximum absolute atomic E-state index is 9.12. The van der Waals surface area contributed by atoms with Crippen molar-refractivity contribution >= 4 is 33.1 Å². The zero-order valence-electron chi connectivity index (χ0n) is 12.8. The Bertz CT molecular complexity index is 1030. The van der Waals surface area contributed by atoms with Crippen LogP contribution in [0.5, 0.6) is 0 Å². The van der Waals surface area contributed by atoms with E-state index in [9.17, 15) is 0 Å². The fourth-order valence-electron chi connectivity index (χ4n) is 3.26. The monoisotopic (exact) mass is 341 g/mol. The summed E-state index contributed by atoms with van der Waals surface area (Å²) in [6.07, 6.45) is 4.98. The molecule has 0 atom stereocenters. The topological polar surface area (TPSA) is 88.5 Å². The lowest BCUT2D eigenvalue weighted by Crippen LogP contribution is -2.11. The highest BCUT2D eigenvalue weighted by Gasteiger charge is 2.24. The SMILES string of the molecule is OCCNc1nc2sc3c(c2c2nc(-c4ccco4)nn12)CCC3. The molecule has 5 rings (SSSR count). The maximum atomic E-state index is 9.12. The average molecular weight is 341 g/mol. The lowest BCUT2D eigenvalue weighted by Gasteiger charge is -2.06. The van der Waals surface area contributed by atoms with Gasteiger partial charge in [0.1, 0.15) is 4.83 Å². The van der Waals surface area contributed by atoms with Crippen molar-refractivity contribution in [1.82, 2.24) is 19.6 Å². The minimum atomic E-state index is 0.0297. The summed E-state index contributed by atoms with van der Waals surface area (Å²) in [5.74, 6) is 1.77. The molecule has 8 heteroatoms. The van der Waals surface area contributed by atoms with Crippen LogP contribution < -0.4 is 5.32 Å². The summed E-state index contributed by atoms with van der Waals surface area (Å²) in [6, 6.07) is 3.67. The summed E-state index contributed by atoms with van der Waals surface area (Å²) >= 11 is 1.74. The van der Waals surface area contributed by atoms with E-state index < -0.39 is 0 Å². The number of anilines is 1. The minimum absolute atomic E-state index is 0.0297. The Hall–Kier alpha value is -2.45. The van der Waals surface area contributed by atoms with Crippen molar-refractivity contribution in [3.8, 4) is 11.6 Å². The van der Waals surface area contributed by atoms with E-state index in [4.69, 9.17) is 19.5 Å². The Morgan fingerprint density at radius 1 is 1.33 bits per heavy atom. The molecule has 0 amide bonds. The third-order valence-corrected chi connectivity index (χ3v) is 5.46. The number of aromatic nitrogens is 4. The van der Waals surface area contributed by atoms with Gasteiger partial charge in [-0.1, -0.05) is 0 Å². The number of hydrogen-bond donors (Lipinski definition) is 2. The van der Waals surface area contributed by atoms with Crippen LogP contribution in [-0.4, -0.2) is 37.8 Å². The van der Waals surface area contributed by atoms with Crippen molar-refractivity contribution in [2.75, 3.05) is 18.5 Å².